The summed E-state index contributed by atoms with van der Waals surface area (Å²) in [6.07, 6.45) is 1.63. The Morgan fingerprint density at radius 3 is 2.11 bits per heavy atom. The van der Waals surface area contributed by atoms with Crippen molar-refractivity contribution < 1.29 is 9.90 Å². The Labute approximate surface area is 59.6 Å². The zero-order valence-corrected chi connectivity index (χ0v) is 5.73. The molecule has 0 aliphatic heterocycles. The van der Waals surface area contributed by atoms with Gasteiger partial charge in [-0.1, -0.05) is 0 Å². The molecule has 2 atom stereocenters. The van der Waals surface area contributed by atoms with Gasteiger partial charge in [0.25, 0.3) is 0 Å². The third-order valence-corrected chi connectivity index (χ3v) is 1.65. The second-order valence-corrected chi connectivity index (χ2v) is 2.19. The van der Waals surface area contributed by atoms with Crippen molar-refractivity contribution in [2.75, 3.05) is 0 Å². The summed E-state index contributed by atoms with van der Waals surface area (Å²) in [7, 11) is 0. The first-order valence-electron chi connectivity index (χ1n) is 2.70. The molecule has 0 aromatic carbocycles. The lowest BCUT2D eigenvalue weighted by Gasteiger charge is -2.29. The average molecular weight is 152 g/mol. The van der Waals surface area contributed by atoms with Crippen LogP contribution in [-0.4, -0.2) is 17.1 Å². The minimum Gasteiger partial charge on any atom is -0.481 e. The van der Waals surface area contributed by atoms with E-state index in [4.69, 9.17) is 10.8 Å². The standard InChI is InChI=1S/C5H9NO2.ClH/c6-4-2-1-3(4)5(7)8;/h3-4H,1-2,6H2,(H,7,8);1H/t3-,4-;/m1./s1. The molecule has 3 nitrogen and oxygen atoms in total. The summed E-state index contributed by atoms with van der Waals surface area (Å²) >= 11 is 0. The molecule has 0 heterocycles. The number of rotatable bonds is 1. The van der Waals surface area contributed by atoms with Crippen LogP contribution in [0, 0.1) is 5.92 Å². The van der Waals surface area contributed by atoms with Gasteiger partial charge in [0.1, 0.15) is 0 Å². The van der Waals surface area contributed by atoms with E-state index in [9.17, 15) is 4.79 Å². The second kappa shape index (κ2) is 3.03. The fraction of sp³-hybridized carbons (Fsp3) is 0.800. The predicted molar refractivity (Wildman–Crippen MR) is 35.6 cm³/mol. The maximum Gasteiger partial charge on any atom is 0.308 e. The van der Waals surface area contributed by atoms with Crippen LogP contribution in [0.15, 0.2) is 0 Å². The Morgan fingerprint density at radius 2 is 2.11 bits per heavy atom. The highest BCUT2D eigenvalue weighted by Gasteiger charge is 2.33. The summed E-state index contributed by atoms with van der Waals surface area (Å²) < 4.78 is 0. The maximum absolute atomic E-state index is 10.1. The van der Waals surface area contributed by atoms with Crippen molar-refractivity contribution in [1.82, 2.24) is 0 Å². The first kappa shape index (κ1) is 8.72. The van der Waals surface area contributed by atoms with Gasteiger partial charge < -0.3 is 10.8 Å². The predicted octanol–water partition coefficient (Wildman–Crippen LogP) is 0.230. The Hall–Kier alpha value is -0.280. The zero-order valence-electron chi connectivity index (χ0n) is 4.91. The third kappa shape index (κ3) is 1.56. The molecule has 1 rings (SSSR count). The quantitative estimate of drug-likeness (QED) is 0.564. The molecule has 0 radical (unpaired) electrons. The third-order valence-electron chi connectivity index (χ3n) is 1.65. The Kier molecular flexibility index (Phi) is 2.94. The fourth-order valence-corrected chi connectivity index (χ4v) is 0.832. The lowest BCUT2D eigenvalue weighted by molar-refractivity contribution is -0.145. The van der Waals surface area contributed by atoms with E-state index in [2.05, 4.69) is 0 Å². The SMILES string of the molecule is Cl.N[C@@H]1CC[C@H]1C(=O)O. The topological polar surface area (TPSA) is 63.3 Å². The van der Waals surface area contributed by atoms with Gasteiger partial charge in [0.15, 0.2) is 0 Å². The molecule has 0 amide bonds. The molecule has 0 spiro atoms. The number of carboxylic acid groups (broad SMARTS) is 1. The van der Waals surface area contributed by atoms with E-state index in [1.807, 2.05) is 0 Å². The van der Waals surface area contributed by atoms with Gasteiger partial charge in [-0.2, -0.15) is 0 Å². The molecule has 1 saturated carbocycles. The molecule has 1 aliphatic rings. The summed E-state index contributed by atoms with van der Waals surface area (Å²) in [6, 6.07) is -0.0764. The van der Waals surface area contributed by atoms with Gasteiger partial charge in [-0.05, 0) is 12.8 Å². The minimum atomic E-state index is -0.747. The number of carboxylic acids is 1. The minimum absolute atomic E-state index is 0. The van der Waals surface area contributed by atoms with Crippen molar-refractivity contribution in [1.29, 1.82) is 0 Å². The molecule has 1 aliphatic carbocycles. The van der Waals surface area contributed by atoms with Gasteiger partial charge in [0.05, 0.1) is 5.92 Å². The lowest BCUT2D eigenvalue weighted by Crippen LogP contribution is -2.43. The molecule has 0 unspecified atom stereocenters. The van der Waals surface area contributed by atoms with Crippen molar-refractivity contribution in [3.63, 3.8) is 0 Å². The molecule has 4 heteroatoms. The highest BCUT2D eigenvalue weighted by molar-refractivity contribution is 5.85. The van der Waals surface area contributed by atoms with E-state index >= 15 is 0 Å². The van der Waals surface area contributed by atoms with Crippen LogP contribution in [0.1, 0.15) is 12.8 Å². The molecule has 1 fully saturated rings. The first-order chi connectivity index (χ1) is 3.72. The van der Waals surface area contributed by atoms with E-state index in [0.29, 0.717) is 0 Å². The van der Waals surface area contributed by atoms with Gasteiger partial charge in [-0.3, -0.25) is 4.79 Å². The summed E-state index contributed by atoms with van der Waals surface area (Å²) in [5, 5.41) is 8.32. The molecule has 0 bridgehead atoms. The van der Waals surface area contributed by atoms with Gasteiger partial charge in [-0.25, -0.2) is 0 Å². The van der Waals surface area contributed by atoms with Crippen molar-refractivity contribution in [2.24, 2.45) is 11.7 Å². The van der Waals surface area contributed by atoms with Crippen LogP contribution in [0.5, 0.6) is 0 Å². The van der Waals surface area contributed by atoms with Crippen LogP contribution < -0.4 is 5.73 Å². The van der Waals surface area contributed by atoms with Crippen LogP contribution in [0.4, 0.5) is 0 Å². The molecular formula is C5H10ClNO2. The van der Waals surface area contributed by atoms with Gasteiger partial charge in [-0.15, -0.1) is 12.4 Å². The number of aliphatic carboxylic acids is 1. The Balaban J connectivity index is 0.000000640. The van der Waals surface area contributed by atoms with E-state index in [-0.39, 0.29) is 24.4 Å². The van der Waals surface area contributed by atoms with Crippen LogP contribution >= 0.6 is 12.4 Å². The highest BCUT2D eigenvalue weighted by atomic mass is 35.5. The van der Waals surface area contributed by atoms with Gasteiger partial charge >= 0.3 is 5.97 Å². The molecule has 0 aromatic rings. The van der Waals surface area contributed by atoms with Crippen molar-refractivity contribution in [2.45, 2.75) is 18.9 Å². The van der Waals surface area contributed by atoms with Gasteiger partial charge in [0, 0.05) is 6.04 Å². The molecular weight excluding hydrogens is 142 g/mol. The van der Waals surface area contributed by atoms with E-state index in [0.717, 1.165) is 12.8 Å². The number of hydrogen-bond acceptors (Lipinski definition) is 2. The first-order valence-corrected chi connectivity index (χ1v) is 2.70. The number of hydrogen-bond donors (Lipinski definition) is 2. The summed E-state index contributed by atoms with van der Waals surface area (Å²) in [5.41, 5.74) is 5.34. The normalized spacial score (nSPS) is 32.1. The van der Waals surface area contributed by atoms with E-state index in [1.165, 1.54) is 0 Å². The van der Waals surface area contributed by atoms with Crippen molar-refractivity contribution >= 4 is 18.4 Å². The lowest BCUT2D eigenvalue weighted by atomic mass is 9.80. The summed E-state index contributed by atoms with van der Waals surface area (Å²) in [5.74, 6) is -1.00. The molecule has 9 heavy (non-hydrogen) atoms. The number of carbonyl (C=O) groups is 1. The highest BCUT2D eigenvalue weighted by Crippen LogP contribution is 2.24. The van der Waals surface area contributed by atoms with Crippen LogP contribution in [0.2, 0.25) is 0 Å². The largest absolute Gasteiger partial charge is 0.481 e. The van der Waals surface area contributed by atoms with Crippen LogP contribution in [0.3, 0.4) is 0 Å². The fourth-order valence-electron chi connectivity index (χ4n) is 0.832. The summed E-state index contributed by atoms with van der Waals surface area (Å²) in [6.45, 7) is 0. The van der Waals surface area contributed by atoms with E-state index in [1.54, 1.807) is 0 Å². The smallest absolute Gasteiger partial charge is 0.308 e. The second-order valence-electron chi connectivity index (χ2n) is 2.19. The van der Waals surface area contributed by atoms with Crippen molar-refractivity contribution in [3.8, 4) is 0 Å². The average Bonchev–Trinajstić information content (AvgIpc) is 1.61. The monoisotopic (exact) mass is 151 g/mol. The van der Waals surface area contributed by atoms with Crippen LogP contribution in [-0.2, 0) is 4.79 Å². The van der Waals surface area contributed by atoms with Crippen molar-refractivity contribution in [3.05, 3.63) is 0 Å². The number of nitrogens with two attached hydrogens (primary N) is 1. The molecule has 54 valence electrons. The Morgan fingerprint density at radius 1 is 1.56 bits per heavy atom. The molecule has 3 N–H and O–H groups in total. The number of halogens is 1. The van der Waals surface area contributed by atoms with E-state index < -0.39 is 5.97 Å². The zero-order chi connectivity index (χ0) is 6.15. The molecule has 0 aromatic heterocycles. The Bertz CT molecular complexity index is 118. The molecule has 0 saturated heterocycles. The van der Waals surface area contributed by atoms with Crippen LogP contribution in [0.25, 0.3) is 0 Å². The summed E-state index contributed by atoms with van der Waals surface area (Å²) in [4.78, 5) is 10.1. The maximum atomic E-state index is 10.1. The van der Waals surface area contributed by atoms with Gasteiger partial charge in [0.2, 0.25) is 0 Å².